The largest absolute Gasteiger partial charge is 0.337 e. The Morgan fingerprint density at radius 3 is 2.59 bits per heavy atom. The first-order chi connectivity index (χ1) is 13.0. The van der Waals surface area contributed by atoms with Crippen molar-refractivity contribution >= 4 is 33.7 Å². The number of rotatable bonds is 4. The highest BCUT2D eigenvalue weighted by molar-refractivity contribution is 6.04. The van der Waals surface area contributed by atoms with Gasteiger partial charge in [-0.3, -0.25) is 0 Å². The van der Waals surface area contributed by atoms with Crippen LogP contribution < -0.4 is 5.43 Å². The van der Waals surface area contributed by atoms with E-state index in [9.17, 15) is 0 Å². The van der Waals surface area contributed by atoms with Gasteiger partial charge in [-0.05, 0) is 36.5 Å². The molecule has 2 aromatic heterocycles. The van der Waals surface area contributed by atoms with Crippen LogP contribution in [0.4, 0.5) is 5.95 Å². The second-order valence-corrected chi connectivity index (χ2v) is 7.04. The van der Waals surface area contributed by atoms with Crippen LogP contribution in [0.5, 0.6) is 0 Å². The molecule has 0 aliphatic carbocycles. The number of aromatic nitrogens is 4. The normalized spacial score (nSPS) is 12.3. The third-order valence-corrected chi connectivity index (χ3v) is 4.78. The van der Waals surface area contributed by atoms with E-state index in [4.69, 9.17) is 0 Å². The number of fused-ring (bicyclic) bond motifs is 3. The number of benzene rings is 2. The summed E-state index contributed by atoms with van der Waals surface area (Å²) in [6.45, 7) is 8.38. The number of H-pyrrole nitrogens is 1. The molecule has 0 radical (unpaired) electrons. The lowest BCUT2D eigenvalue weighted by atomic mass is 10.0. The van der Waals surface area contributed by atoms with Crippen molar-refractivity contribution in [3.8, 4) is 0 Å². The van der Waals surface area contributed by atoms with Crippen LogP contribution in [0.25, 0.3) is 22.1 Å². The number of aromatic amines is 1. The molecule has 0 spiro atoms. The molecule has 0 saturated heterocycles. The molecule has 6 nitrogen and oxygen atoms in total. The van der Waals surface area contributed by atoms with Crippen molar-refractivity contribution in [2.75, 3.05) is 5.43 Å². The number of hydrogen-bond donors (Lipinski definition) is 2. The molecule has 0 bridgehead atoms. The molecule has 2 N–H and O–H groups in total. The highest BCUT2D eigenvalue weighted by Gasteiger charge is 2.10. The number of nitrogens with one attached hydrogen (secondary N) is 2. The van der Waals surface area contributed by atoms with Crippen LogP contribution in [0.1, 0.15) is 43.4 Å². The van der Waals surface area contributed by atoms with Crippen molar-refractivity contribution in [3.63, 3.8) is 0 Å². The van der Waals surface area contributed by atoms with Gasteiger partial charge in [-0.25, -0.2) is 5.43 Å². The maximum Gasteiger partial charge on any atom is 0.265 e. The second kappa shape index (κ2) is 6.79. The molecule has 4 aromatic rings. The summed E-state index contributed by atoms with van der Waals surface area (Å²) >= 11 is 0. The van der Waals surface area contributed by atoms with Gasteiger partial charge in [0.05, 0.1) is 11.2 Å². The molecule has 0 aliphatic rings. The highest BCUT2D eigenvalue weighted by atomic mass is 15.4. The third-order valence-electron chi connectivity index (χ3n) is 4.78. The molecular formula is C21H22N6. The van der Waals surface area contributed by atoms with Crippen molar-refractivity contribution in [3.05, 3.63) is 59.2 Å². The summed E-state index contributed by atoms with van der Waals surface area (Å²) in [6, 6.07) is 14.5. The minimum atomic E-state index is 0.366. The van der Waals surface area contributed by atoms with E-state index >= 15 is 0 Å². The van der Waals surface area contributed by atoms with Crippen LogP contribution in [0.15, 0.2) is 47.6 Å². The standard InChI is InChI=1S/C21H22N6/c1-12(2)15-8-10-16(11-9-15)14(4)24-26-21-23-20-19(25-27-21)17-7-5-6-13(3)18(17)22-20/h5-12H,1-4H3,(H2,22,23,26,27)/b24-14-. The summed E-state index contributed by atoms with van der Waals surface area (Å²) in [6.07, 6.45) is 0. The molecular weight excluding hydrogens is 336 g/mol. The van der Waals surface area contributed by atoms with Crippen molar-refractivity contribution in [1.29, 1.82) is 0 Å². The Bertz CT molecular complexity index is 1140. The summed E-state index contributed by atoms with van der Waals surface area (Å²) in [4.78, 5) is 7.83. The topological polar surface area (TPSA) is 78.8 Å². The predicted molar refractivity (Wildman–Crippen MR) is 110 cm³/mol. The van der Waals surface area contributed by atoms with E-state index in [-0.39, 0.29) is 0 Å². The highest BCUT2D eigenvalue weighted by Crippen LogP contribution is 2.24. The molecule has 2 aromatic carbocycles. The first-order valence-electron chi connectivity index (χ1n) is 9.05. The Hall–Kier alpha value is -3.28. The quantitative estimate of drug-likeness (QED) is 0.407. The Morgan fingerprint density at radius 1 is 1.07 bits per heavy atom. The Kier molecular flexibility index (Phi) is 4.32. The molecule has 136 valence electrons. The SMILES string of the molecule is C/C(=N/Nc1nnc2c(n1)[nH]c1c(C)cccc12)c1ccc(C(C)C)cc1. The number of nitrogens with zero attached hydrogens (tertiary/aromatic N) is 4. The van der Waals surface area contributed by atoms with Crippen molar-refractivity contribution in [2.45, 2.75) is 33.6 Å². The lowest BCUT2D eigenvalue weighted by Gasteiger charge is -2.07. The average Bonchev–Trinajstić information content (AvgIpc) is 3.05. The molecule has 0 unspecified atom stereocenters. The van der Waals surface area contributed by atoms with E-state index in [2.05, 4.69) is 81.8 Å². The molecule has 27 heavy (non-hydrogen) atoms. The first-order valence-corrected chi connectivity index (χ1v) is 9.05. The van der Waals surface area contributed by atoms with Crippen molar-refractivity contribution in [1.82, 2.24) is 20.2 Å². The molecule has 6 heteroatoms. The van der Waals surface area contributed by atoms with Crippen LogP contribution in [0.2, 0.25) is 0 Å². The summed E-state index contributed by atoms with van der Waals surface area (Å²) < 4.78 is 0. The zero-order valence-corrected chi connectivity index (χ0v) is 15.9. The van der Waals surface area contributed by atoms with Gasteiger partial charge in [0.15, 0.2) is 5.65 Å². The third kappa shape index (κ3) is 3.26. The smallest absolute Gasteiger partial charge is 0.265 e. The van der Waals surface area contributed by atoms with E-state index in [1.54, 1.807) is 0 Å². The monoisotopic (exact) mass is 358 g/mol. The van der Waals surface area contributed by atoms with Gasteiger partial charge < -0.3 is 4.98 Å². The summed E-state index contributed by atoms with van der Waals surface area (Å²) in [5, 5.41) is 13.9. The van der Waals surface area contributed by atoms with Crippen LogP contribution in [-0.4, -0.2) is 25.9 Å². The number of hydrazone groups is 1. The zero-order valence-electron chi connectivity index (χ0n) is 15.9. The number of hydrogen-bond acceptors (Lipinski definition) is 5. The van der Waals surface area contributed by atoms with Gasteiger partial charge in [-0.2, -0.15) is 10.1 Å². The number of aryl methyl sites for hydroxylation is 1. The summed E-state index contributed by atoms with van der Waals surface area (Å²) in [7, 11) is 0. The fraction of sp³-hybridized carbons (Fsp3) is 0.238. The maximum absolute atomic E-state index is 4.51. The van der Waals surface area contributed by atoms with Gasteiger partial charge >= 0.3 is 0 Å². The second-order valence-electron chi connectivity index (χ2n) is 7.04. The summed E-state index contributed by atoms with van der Waals surface area (Å²) in [5.41, 5.74) is 9.81. The lowest BCUT2D eigenvalue weighted by Crippen LogP contribution is -2.03. The van der Waals surface area contributed by atoms with Gasteiger partial charge in [0.1, 0.15) is 5.52 Å². The van der Waals surface area contributed by atoms with Gasteiger partial charge in [0.2, 0.25) is 0 Å². The van der Waals surface area contributed by atoms with Crippen LogP contribution in [0, 0.1) is 6.92 Å². The minimum Gasteiger partial charge on any atom is -0.337 e. The Labute approximate surface area is 157 Å². The number of para-hydroxylation sites is 1. The van der Waals surface area contributed by atoms with Crippen molar-refractivity contribution in [2.24, 2.45) is 5.10 Å². The molecule has 0 atom stereocenters. The van der Waals surface area contributed by atoms with Crippen LogP contribution in [0.3, 0.4) is 0 Å². The molecule has 0 amide bonds. The Morgan fingerprint density at radius 2 is 1.85 bits per heavy atom. The van der Waals surface area contributed by atoms with Gasteiger partial charge in [-0.15, -0.1) is 10.2 Å². The molecule has 2 heterocycles. The molecule has 0 aliphatic heterocycles. The average molecular weight is 358 g/mol. The molecule has 0 fully saturated rings. The molecule has 4 rings (SSSR count). The van der Waals surface area contributed by atoms with E-state index in [0.717, 1.165) is 33.3 Å². The first kappa shape index (κ1) is 17.1. The van der Waals surface area contributed by atoms with Crippen molar-refractivity contribution < 1.29 is 0 Å². The van der Waals surface area contributed by atoms with E-state index < -0.39 is 0 Å². The predicted octanol–water partition coefficient (Wildman–Crippen LogP) is 4.77. The van der Waals surface area contributed by atoms with E-state index in [1.807, 2.05) is 19.1 Å². The summed E-state index contributed by atoms with van der Waals surface area (Å²) in [5.74, 6) is 0.880. The Balaban J connectivity index is 1.60. The van der Waals surface area contributed by atoms with E-state index in [0.29, 0.717) is 17.5 Å². The van der Waals surface area contributed by atoms with Gasteiger partial charge in [0, 0.05) is 5.39 Å². The van der Waals surface area contributed by atoms with Gasteiger partial charge in [0.25, 0.3) is 5.95 Å². The fourth-order valence-corrected chi connectivity index (χ4v) is 3.10. The van der Waals surface area contributed by atoms with Crippen LogP contribution >= 0.6 is 0 Å². The molecule has 0 saturated carbocycles. The van der Waals surface area contributed by atoms with E-state index in [1.165, 1.54) is 5.56 Å². The maximum atomic E-state index is 4.51. The number of anilines is 1. The fourth-order valence-electron chi connectivity index (χ4n) is 3.10. The zero-order chi connectivity index (χ0) is 19.0. The van der Waals surface area contributed by atoms with Crippen LogP contribution in [-0.2, 0) is 0 Å². The van der Waals surface area contributed by atoms with Gasteiger partial charge in [-0.1, -0.05) is 56.3 Å². The minimum absolute atomic E-state index is 0.366. The lowest BCUT2D eigenvalue weighted by molar-refractivity contribution is 0.866.